The predicted octanol–water partition coefficient (Wildman–Crippen LogP) is 1.95. The van der Waals surface area contributed by atoms with Gasteiger partial charge in [0, 0.05) is 5.69 Å². The lowest BCUT2D eigenvalue weighted by molar-refractivity contribution is -0.155. The van der Waals surface area contributed by atoms with Crippen molar-refractivity contribution in [2.24, 2.45) is 0 Å². The first-order valence-corrected chi connectivity index (χ1v) is 9.48. The molecule has 1 heterocycles. The summed E-state index contributed by atoms with van der Waals surface area (Å²) in [6.45, 7) is 0.801. The molecule has 1 aromatic rings. The molecule has 1 aromatic carbocycles. The van der Waals surface area contributed by atoms with E-state index >= 15 is 0 Å². The molecule has 29 heavy (non-hydrogen) atoms. The Hall–Kier alpha value is -3.12. The number of anilines is 1. The Kier molecular flexibility index (Phi) is 5.75. The maximum absolute atomic E-state index is 12.5. The highest BCUT2D eigenvalue weighted by molar-refractivity contribution is 6.32. The number of halogens is 1. The highest BCUT2D eigenvalue weighted by Crippen LogP contribution is 2.34. The van der Waals surface area contributed by atoms with E-state index in [9.17, 15) is 19.2 Å². The normalized spacial score (nSPS) is 18.3. The molecule has 1 spiro atoms. The van der Waals surface area contributed by atoms with Gasteiger partial charge in [0.25, 0.3) is 11.8 Å². The Morgan fingerprint density at radius 2 is 2.07 bits per heavy atom. The number of rotatable bonds is 5. The monoisotopic (exact) mass is 418 g/mol. The Labute approximate surface area is 171 Å². The average Bonchev–Trinajstić information content (AvgIpc) is 3.22. The number of nitrogens with one attached hydrogen (secondary N) is 2. The van der Waals surface area contributed by atoms with E-state index in [4.69, 9.17) is 21.6 Å². The van der Waals surface area contributed by atoms with Crippen LogP contribution in [0.2, 0.25) is 5.02 Å². The van der Waals surface area contributed by atoms with Crippen molar-refractivity contribution in [2.45, 2.75) is 44.2 Å². The fourth-order valence-electron chi connectivity index (χ4n) is 3.48. The predicted molar refractivity (Wildman–Crippen MR) is 102 cm³/mol. The van der Waals surface area contributed by atoms with Gasteiger partial charge in [-0.15, -0.1) is 0 Å². The number of amides is 4. The number of imide groups is 1. The van der Waals surface area contributed by atoms with Crippen molar-refractivity contribution in [1.29, 1.82) is 5.26 Å². The second kappa shape index (κ2) is 8.09. The second-order valence-electron chi connectivity index (χ2n) is 7.04. The summed E-state index contributed by atoms with van der Waals surface area (Å²) in [7, 11) is 0. The molecule has 2 N–H and O–H groups in total. The van der Waals surface area contributed by atoms with Crippen LogP contribution < -0.4 is 10.6 Å². The largest absolute Gasteiger partial charge is 0.451 e. The number of urea groups is 1. The SMILES string of the molecule is C[C@@H](OC(=O)CN1C(=O)NC2(CCCC2)C1=O)C(=O)Nc1ccc(C#N)c(Cl)c1. The Balaban J connectivity index is 1.55. The number of nitrogens with zero attached hydrogens (tertiary/aromatic N) is 2. The van der Waals surface area contributed by atoms with Gasteiger partial charge < -0.3 is 15.4 Å². The summed E-state index contributed by atoms with van der Waals surface area (Å²) in [5, 5.41) is 14.2. The van der Waals surface area contributed by atoms with Crippen LogP contribution in [0.1, 0.15) is 38.2 Å². The minimum Gasteiger partial charge on any atom is -0.451 e. The van der Waals surface area contributed by atoms with Gasteiger partial charge in [0.1, 0.15) is 18.2 Å². The van der Waals surface area contributed by atoms with E-state index in [2.05, 4.69) is 10.6 Å². The van der Waals surface area contributed by atoms with Crippen molar-refractivity contribution in [1.82, 2.24) is 10.2 Å². The quantitative estimate of drug-likeness (QED) is 0.555. The van der Waals surface area contributed by atoms with Crippen LogP contribution in [0.3, 0.4) is 0 Å². The Bertz CT molecular complexity index is 920. The molecule has 2 fully saturated rings. The van der Waals surface area contributed by atoms with Crippen LogP contribution in [-0.4, -0.2) is 46.9 Å². The molecule has 1 aliphatic carbocycles. The molecule has 2 aliphatic rings. The first kappa shape index (κ1) is 20.6. The standard InChI is InChI=1S/C19H19ClN4O5/c1-11(16(26)22-13-5-4-12(9-21)14(20)8-13)29-15(25)10-24-17(27)19(23-18(24)28)6-2-3-7-19/h4-5,8,11H,2-3,6-7,10H2,1H3,(H,22,26)(H,23,28)/t11-/m1/s1. The van der Waals surface area contributed by atoms with E-state index in [0.29, 0.717) is 18.5 Å². The lowest BCUT2D eigenvalue weighted by atomic mass is 9.98. The van der Waals surface area contributed by atoms with Crippen molar-refractivity contribution < 1.29 is 23.9 Å². The van der Waals surface area contributed by atoms with Crippen LogP contribution in [-0.2, 0) is 19.1 Å². The number of ether oxygens (including phenoxy) is 1. The van der Waals surface area contributed by atoms with Gasteiger partial charge in [-0.25, -0.2) is 4.79 Å². The minimum absolute atomic E-state index is 0.175. The van der Waals surface area contributed by atoms with Crippen molar-refractivity contribution in [3.8, 4) is 6.07 Å². The van der Waals surface area contributed by atoms with Crippen LogP contribution >= 0.6 is 11.6 Å². The molecule has 0 bridgehead atoms. The van der Waals surface area contributed by atoms with Gasteiger partial charge in [-0.05, 0) is 38.0 Å². The molecule has 1 atom stereocenters. The van der Waals surface area contributed by atoms with Crippen LogP contribution in [0.25, 0.3) is 0 Å². The minimum atomic E-state index is -1.17. The molecule has 10 heteroatoms. The van der Waals surface area contributed by atoms with Gasteiger partial charge in [0.2, 0.25) is 0 Å². The van der Waals surface area contributed by atoms with Gasteiger partial charge in [-0.3, -0.25) is 19.3 Å². The van der Waals surface area contributed by atoms with Gasteiger partial charge in [0.05, 0.1) is 10.6 Å². The molecule has 1 saturated carbocycles. The van der Waals surface area contributed by atoms with E-state index in [1.54, 1.807) is 0 Å². The van der Waals surface area contributed by atoms with Crippen molar-refractivity contribution in [2.75, 3.05) is 11.9 Å². The molecule has 1 aliphatic heterocycles. The van der Waals surface area contributed by atoms with E-state index in [1.807, 2.05) is 6.07 Å². The lowest BCUT2D eigenvalue weighted by Gasteiger charge is -2.20. The molecule has 0 radical (unpaired) electrons. The molecule has 152 valence electrons. The summed E-state index contributed by atoms with van der Waals surface area (Å²) < 4.78 is 5.06. The topological polar surface area (TPSA) is 129 Å². The summed E-state index contributed by atoms with van der Waals surface area (Å²) in [5.41, 5.74) is -0.313. The highest BCUT2D eigenvalue weighted by atomic mass is 35.5. The van der Waals surface area contributed by atoms with Gasteiger partial charge in [0.15, 0.2) is 6.10 Å². The van der Waals surface area contributed by atoms with Gasteiger partial charge in [-0.2, -0.15) is 5.26 Å². The molecule has 9 nitrogen and oxygen atoms in total. The number of esters is 1. The fraction of sp³-hybridized carbons (Fsp3) is 0.421. The fourth-order valence-corrected chi connectivity index (χ4v) is 3.70. The Morgan fingerprint density at radius 1 is 1.38 bits per heavy atom. The average molecular weight is 419 g/mol. The van der Waals surface area contributed by atoms with E-state index < -0.39 is 42.0 Å². The van der Waals surface area contributed by atoms with Gasteiger partial charge in [-0.1, -0.05) is 24.4 Å². The van der Waals surface area contributed by atoms with Crippen molar-refractivity contribution in [3.63, 3.8) is 0 Å². The first-order chi connectivity index (χ1) is 13.8. The third-order valence-corrected chi connectivity index (χ3v) is 5.34. The lowest BCUT2D eigenvalue weighted by Crippen LogP contribution is -2.44. The maximum atomic E-state index is 12.5. The second-order valence-corrected chi connectivity index (χ2v) is 7.45. The summed E-state index contributed by atoms with van der Waals surface area (Å²) in [4.78, 5) is 49.9. The molecule has 4 amide bonds. The summed E-state index contributed by atoms with van der Waals surface area (Å²) in [5.74, 6) is -1.92. The van der Waals surface area contributed by atoms with Crippen molar-refractivity contribution in [3.05, 3.63) is 28.8 Å². The van der Waals surface area contributed by atoms with Crippen LogP contribution in [0, 0.1) is 11.3 Å². The zero-order valence-electron chi connectivity index (χ0n) is 15.7. The molecule has 3 rings (SSSR count). The number of nitriles is 1. The highest BCUT2D eigenvalue weighted by Gasteiger charge is 2.52. The van der Waals surface area contributed by atoms with E-state index in [-0.39, 0.29) is 10.6 Å². The first-order valence-electron chi connectivity index (χ1n) is 9.10. The number of benzene rings is 1. The number of carbonyl (C=O) groups is 4. The number of hydrogen-bond donors (Lipinski definition) is 2. The number of hydrogen-bond acceptors (Lipinski definition) is 6. The Morgan fingerprint density at radius 3 is 2.69 bits per heavy atom. The molecule has 0 unspecified atom stereocenters. The summed E-state index contributed by atoms with van der Waals surface area (Å²) in [6.07, 6.45) is 1.60. The third kappa shape index (κ3) is 4.17. The van der Waals surface area contributed by atoms with E-state index in [0.717, 1.165) is 17.7 Å². The van der Waals surface area contributed by atoms with Crippen LogP contribution in [0.4, 0.5) is 10.5 Å². The smallest absolute Gasteiger partial charge is 0.327 e. The molecular weight excluding hydrogens is 400 g/mol. The molecular formula is C19H19ClN4O5. The summed E-state index contributed by atoms with van der Waals surface area (Å²) >= 11 is 5.92. The van der Waals surface area contributed by atoms with Gasteiger partial charge >= 0.3 is 12.0 Å². The zero-order valence-corrected chi connectivity index (χ0v) is 16.4. The third-order valence-electron chi connectivity index (χ3n) is 5.02. The zero-order chi connectivity index (χ0) is 21.2. The van der Waals surface area contributed by atoms with Crippen molar-refractivity contribution >= 4 is 41.1 Å². The van der Waals surface area contributed by atoms with E-state index in [1.165, 1.54) is 25.1 Å². The van der Waals surface area contributed by atoms with Crippen LogP contribution in [0.5, 0.6) is 0 Å². The molecule has 0 aromatic heterocycles. The maximum Gasteiger partial charge on any atom is 0.327 e. The number of carbonyl (C=O) groups excluding carboxylic acids is 4. The molecule has 1 saturated heterocycles. The summed E-state index contributed by atoms with van der Waals surface area (Å²) in [6, 6.07) is 5.62. The van der Waals surface area contributed by atoms with Crippen LogP contribution in [0.15, 0.2) is 18.2 Å².